The van der Waals surface area contributed by atoms with Gasteiger partial charge in [-0.3, -0.25) is 14.8 Å². The first kappa shape index (κ1) is 39.1. The Labute approximate surface area is 249 Å². The quantitative estimate of drug-likeness (QED) is 0.405. The zero-order chi connectivity index (χ0) is 34.8. The van der Waals surface area contributed by atoms with Crippen molar-refractivity contribution in [3.63, 3.8) is 0 Å². The van der Waals surface area contributed by atoms with Crippen molar-refractivity contribution in [2.45, 2.75) is 63.8 Å². The van der Waals surface area contributed by atoms with Gasteiger partial charge in [0, 0.05) is 57.0 Å². The van der Waals surface area contributed by atoms with Crippen LogP contribution >= 0.6 is 0 Å². The Morgan fingerprint density at radius 1 is 0.800 bits per heavy atom. The van der Waals surface area contributed by atoms with E-state index in [1.807, 2.05) is 12.4 Å². The summed E-state index contributed by atoms with van der Waals surface area (Å²) >= 11 is 0. The van der Waals surface area contributed by atoms with E-state index in [9.17, 15) is 39.5 Å². The number of rotatable bonds is 3. The fraction of sp³-hybridized carbons (Fsp3) is 0.560. The summed E-state index contributed by atoms with van der Waals surface area (Å²) in [6.07, 6.45) is -7.08. The molecule has 0 amide bonds. The van der Waals surface area contributed by atoms with Gasteiger partial charge in [0.1, 0.15) is 5.82 Å². The number of piperidine rings is 1. The smallest absolute Gasteiger partial charge is 0.475 e. The standard InChI is InChI=1S/C19H27N5.3C2HF3O2/c1-3-23-12-13-24-16(2)14-21-18(24)19(23)6-10-22(11-7-19)15-17-4-8-20-9-5-17;3*3-2(4,5)1(6)7/h4-5,8-9,14H,3,6-7,10-13,15H2,1-2H3;3*(H,6,7). The second-order valence-electron chi connectivity index (χ2n) is 9.53. The number of hydrogen-bond acceptors (Lipinski definition) is 7. The predicted octanol–water partition coefficient (Wildman–Crippen LogP) is 4.31. The lowest BCUT2D eigenvalue weighted by atomic mass is 9.83. The van der Waals surface area contributed by atoms with Crippen molar-refractivity contribution in [1.82, 2.24) is 24.3 Å². The lowest BCUT2D eigenvalue weighted by Gasteiger charge is -2.50. The SMILES string of the molecule is CCN1CCn2c(C)cnc2C12CCN(Cc1ccncc1)CC2.O=C(O)C(F)(F)F.O=C(O)C(F)(F)F.O=C(O)C(F)(F)F. The van der Waals surface area contributed by atoms with E-state index in [4.69, 9.17) is 34.7 Å². The summed E-state index contributed by atoms with van der Waals surface area (Å²) in [5, 5.41) is 21.4. The summed E-state index contributed by atoms with van der Waals surface area (Å²) in [5.41, 5.74) is 2.80. The molecular weight excluding hydrogens is 637 g/mol. The maximum Gasteiger partial charge on any atom is 0.490 e. The largest absolute Gasteiger partial charge is 0.490 e. The molecule has 11 nitrogen and oxygen atoms in total. The Bertz CT molecular complexity index is 1200. The molecule has 0 unspecified atom stereocenters. The van der Waals surface area contributed by atoms with Crippen LogP contribution in [0.25, 0.3) is 0 Å². The van der Waals surface area contributed by atoms with Crippen LogP contribution in [-0.2, 0) is 33.0 Å². The van der Waals surface area contributed by atoms with Gasteiger partial charge in [0.15, 0.2) is 0 Å². The molecule has 2 aliphatic rings. The first-order valence-corrected chi connectivity index (χ1v) is 12.9. The van der Waals surface area contributed by atoms with Gasteiger partial charge in [-0.1, -0.05) is 6.92 Å². The summed E-state index contributed by atoms with van der Waals surface area (Å²) < 4.78 is 97.7. The summed E-state index contributed by atoms with van der Waals surface area (Å²) in [6.45, 7) is 11.1. The number of aryl methyl sites for hydroxylation is 1. The molecule has 20 heteroatoms. The minimum atomic E-state index is -5.08. The molecule has 0 atom stereocenters. The summed E-state index contributed by atoms with van der Waals surface area (Å²) in [7, 11) is 0. The van der Waals surface area contributed by atoms with E-state index in [0.29, 0.717) is 0 Å². The number of halogens is 9. The molecule has 0 aromatic carbocycles. The number of hydrogen-bond donors (Lipinski definition) is 3. The number of likely N-dealkylation sites (tertiary alicyclic amines) is 1. The lowest BCUT2D eigenvalue weighted by molar-refractivity contribution is -0.193. The van der Waals surface area contributed by atoms with Crippen molar-refractivity contribution in [1.29, 1.82) is 0 Å². The third-order valence-corrected chi connectivity index (χ3v) is 6.62. The Morgan fingerprint density at radius 2 is 1.22 bits per heavy atom. The Hall–Kier alpha value is -3.94. The molecular formula is C25H30F9N5O6. The Balaban J connectivity index is 0.000000396. The van der Waals surface area contributed by atoms with Crippen LogP contribution < -0.4 is 0 Å². The topological polar surface area (TPSA) is 149 Å². The lowest BCUT2D eigenvalue weighted by Crippen LogP contribution is -2.57. The summed E-state index contributed by atoms with van der Waals surface area (Å²) in [5.74, 6) is -6.97. The fourth-order valence-corrected chi connectivity index (χ4v) is 4.52. The van der Waals surface area contributed by atoms with Crippen molar-refractivity contribution < 1.29 is 69.2 Å². The zero-order valence-corrected chi connectivity index (χ0v) is 23.7. The van der Waals surface area contributed by atoms with E-state index in [-0.39, 0.29) is 5.54 Å². The molecule has 254 valence electrons. The number of carboxylic acids is 3. The highest BCUT2D eigenvalue weighted by molar-refractivity contribution is 5.73. The van der Waals surface area contributed by atoms with E-state index in [1.165, 1.54) is 29.9 Å². The van der Waals surface area contributed by atoms with Crippen LogP contribution in [-0.4, -0.2) is 102 Å². The van der Waals surface area contributed by atoms with Crippen molar-refractivity contribution in [2.75, 3.05) is 26.2 Å². The molecule has 1 fully saturated rings. The number of nitrogens with zero attached hydrogens (tertiary/aromatic N) is 5. The second kappa shape index (κ2) is 15.9. The molecule has 1 spiro atoms. The maximum absolute atomic E-state index is 10.6. The second-order valence-corrected chi connectivity index (χ2v) is 9.53. The average molecular weight is 668 g/mol. The van der Waals surface area contributed by atoms with Crippen molar-refractivity contribution in [2.24, 2.45) is 0 Å². The molecule has 4 heterocycles. The molecule has 2 aliphatic heterocycles. The van der Waals surface area contributed by atoms with Crippen LogP contribution in [0.15, 0.2) is 30.7 Å². The summed E-state index contributed by atoms with van der Waals surface area (Å²) in [4.78, 5) is 40.9. The fourth-order valence-electron chi connectivity index (χ4n) is 4.52. The minimum absolute atomic E-state index is 0.135. The van der Waals surface area contributed by atoms with E-state index in [0.717, 1.165) is 39.3 Å². The number of aliphatic carboxylic acids is 3. The number of carbonyl (C=O) groups is 3. The number of fused-ring (bicyclic) bond motifs is 2. The minimum Gasteiger partial charge on any atom is -0.475 e. The molecule has 1 saturated heterocycles. The molecule has 0 saturated carbocycles. The Kier molecular flexibility index (Phi) is 13.8. The van der Waals surface area contributed by atoms with Gasteiger partial charge in [0.2, 0.25) is 0 Å². The van der Waals surface area contributed by atoms with Crippen molar-refractivity contribution in [3.8, 4) is 0 Å². The van der Waals surface area contributed by atoms with Crippen molar-refractivity contribution >= 4 is 17.9 Å². The molecule has 0 aliphatic carbocycles. The number of likely N-dealkylation sites (N-methyl/N-ethyl adjacent to an activating group) is 1. The molecule has 3 N–H and O–H groups in total. The van der Waals surface area contributed by atoms with E-state index in [1.54, 1.807) is 0 Å². The maximum atomic E-state index is 10.6. The monoisotopic (exact) mass is 667 g/mol. The van der Waals surface area contributed by atoms with Gasteiger partial charge in [-0.2, -0.15) is 39.5 Å². The van der Waals surface area contributed by atoms with Gasteiger partial charge in [-0.05, 0) is 44.0 Å². The number of imidazole rings is 1. The van der Waals surface area contributed by atoms with Crippen LogP contribution in [0, 0.1) is 6.92 Å². The highest BCUT2D eigenvalue weighted by Crippen LogP contribution is 2.41. The molecule has 4 rings (SSSR count). The van der Waals surface area contributed by atoms with Crippen molar-refractivity contribution in [3.05, 3.63) is 47.8 Å². The Morgan fingerprint density at radius 3 is 1.60 bits per heavy atom. The van der Waals surface area contributed by atoms with Crippen LogP contribution in [0.4, 0.5) is 39.5 Å². The van der Waals surface area contributed by atoms with Gasteiger partial charge in [0.05, 0.1) is 5.54 Å². The van der Waals surface area contributed by atoms with Gasteiger partial charge < -0.3 is 19.9 Å². The number of aromatic nitrogens is 3. The van der Waals surface area contributed by atoms with Crippen LogP contribution in [0.3, 0.4) is 0 Å². The van der Waals surface area contributed by atoms with E-state index in [2.05, 4.69) is 51.5 Å². The van der Waals surface area contributed by atoms with Gasteiger partial charge in [-0.15, -0.1) is 0 Å². The number of carboxylic acid groups (broad SMARTS) is 3. The molecule has 0 bridgehead atoms. The molecule has 2 aromatic rings. The highest BCUT2D eigenvalue weighted by Gasteiger charge is 2.46. The third-order valence-electron chi connectivity index (χ3n) is 6.62. The van der Waals surface area contributed by atoms with E-state index < -0.39 is 36.4 Å². The first-order chi connectivity index (χ1) is 20.6. The van der Waals surface area contributed by atoms with Crippen LogP contribution in [0.5, 0.6) is 0 Å². The molecule has 45 heavy (non-hydrogen) atoms. The van der Waals surface area contributed by atoms with Gasteiger partial charge >= 0.3 is 36.4 Å². The zero-order valence-electron chi connectivity index (χ0n) is 23.7. The average Bonchev–Trinajstić information content (AvgIpc) is 3.32. The third kappa shape index (κ3) is 11.8. The van der Waals surface area contributed by atoms with Crippen LogP contribution in [0.1, 0.15) is 36.8 Å². The van der Waals surface area contributed by atoms with Crippen LogP contribution in [0.2, 0.25) is 0 Å². The van der Waals surface area contributed by atoms with E-state index >= 15 is 0 Å². The predicted molar refractivity (Wildman–Crippen MR) is 136 cm³/mol. The molecule has 0 radical (unpaired) electrons. The number of pyridine rings is 1. The van der Waals surface area contributed by atoms with Gasteiger partial charge in [-0.25, -0.2) is 19.4 Å². The molecule has 2 aromatic heterocycles. The highest BCUT2D eigenvalue weighted by atomic mass is 19.4. The van der Waals surface area contributed by atoms with Gasteiger partial charge in [0.25, 0.3) is 0 Å². The summed E-state index contributed by atoms with van der Waals surface area (Å²) in [6, 6.07) is 4.25. The first-order valence-electron chi connectivity index (χ1n) is 12.9. The number of alkyl halides is 9. The normalized spacial score (nSPS) is 16.5.